The fourth-order valence-electron chi connectivity index (χ4n) is 4.45. The van der Waals surface area contributed by atoms with Gasteiger partial charge in [0.15, 0.2) is 5.58 Å². The Morgan fingerprint density at radius 3 is 2.49 bits per heavy atom. The Labute approximate surface area is 214 Å². The minimum atomic E-state index is -2.45. The van der Waals surface area contributed by atoms with Crippen molar-refractivity contribution in [1.82, 2.24) is 25.8 Å². The summed E-state index contributed by atoms with van der Waals surface area (Å²) in [6.45, 7) is 4.87. The van der Waals surface area contributed by atoms with Crippen molar-refractivity contribution >= 4 is 28.5 Å². The molecule has 0 spiro atoms. The van der Waals surface area contributed by atoms with Crippen molar-refractivity contribution < 1.29 is 22.9 Å². The molecule has 2 amide bonds. The third-order valence-corrected chi connectivity index (χ3v) is 6.50. The number of nitrogens with one attached hydrogen (secondary N) is 2. The lowest BCUT2D eigenvalue weighted by Gasteiger charge is -2.31. The number of likely N-dealkylation sites (N-methyl/N-ethyl adjacent to an activating group) is 1. The molecule has 1 aromatic heterocycles. The van der Waals surface area contributed by atoms with Gasteiger partial charge in [-0.3, -0.25) is 14.6 Å². The number of benzene rings is 2. The fraction of sp³-hybridized carbons (Fsp3) is 0.423. The second-order valence-electron chi connectivity index (χ2n) is 9.21. The van der Waals surface area contributed by atoms with Gasteiger partial charge in [0.2, 0.25) is 5.91 Å². The van der Waals surface area contributed by atoms with Crippen LogP contribution in [0.5, 0.6) is 0 Å². The number of fused-ring (bicyclic) bond motifs is 2. The number of rotatable bonds is 11. The van der Waals surface area contributed by atoms with Crippen molar-refractivity contribution in [1.29, 1.82) is 0 Å². The van der Waals surface area contributed by atoms with E-state index in [-0.39, 0.29) is 38.0 Å². The summed E-state index contributed by atoms with van der Waals surface area (Å²) in [6.07, 6.45) is -2.45. The predicted octanol–water partition coefficient (Wildman–Crippen LogP) is 2.61. The largest absolute Gasteiger partial charge is 0.356 e. The van der Waals surface area contributed by atoms with Crippen LogP contribution in [0.3, 0.4) is 0 Å². The first-order valence-electron chi connectivity index (χ1n) is 12.2. The fourth-order valence-corrected chi connectivity index (χ4v) is 4.45. The lowest BCUT2D eigenvalue weighted by molar-refractivity contribution is -0.145. The van der Waals surface area contributed by atoms with E-state index in [0.717, 1.165) is 16.6 Å². The standard InChI is InChI=1S/C26H32F2N6O3/c1-17-10-21-18(2)31-37-23(21)11-22(17)33(15-25(35)30-9-8-29-12-24(27)28)16-26(36)32(3)34-13-19-6-4-5-7-20(19)14-34/h4-7,10-11,24,29H,8-9,12-16H2,1-3H3,(H,30,35). The Hall–Kier alpha value is -3.57. The molecule has 9 nitrogen and oxygen atoms in total. The van der Waals surface area contributed by atoms with Crippen molar-refractivity contribution in [3.8, 4) is 0 Å². The molecule has 37 heavy (non-hydrogen) atoms. The van der Waals surface area contributed by atoms with Crippen LogP contribution in [0.25, 0.3) is 11.0 Å². The van der Waals surface area contributed by atoms with Gasteiger partial charge >= 0.3 is 0 Å². The molecule has 0 saturated carbocycles. The molecule has 0 saturated heterocycles. The molecule has 4 rings (SSSR count). The summed E-state index contributed by atoms with van der Waals surface area (Å²) in [5.74, 6) is -0.497. The van der Waals surface area contributed by atoms with Gasteiger partial charge in [-0.05, 0) is 36.6 Å². The van der Waals surface area contributed by atoms with E-state index in [1.807, 2.05) is 37.1 Å². The van der Waals surface area contributed by atoms with E-state index in [1.165, 1.54) is 11.1 Å². The Kier molecular flexibility index (Phi) is 8.34. The zero-order valence-corrected chi connectivity index (χ0v) is 21.3. The van der Waals surface area contributed by atoms with Gasteiger partial charge in [-0.25, -0.2) is 13.8 Å². The zero-order valence-electron chi connectivity index (χ0n) is 21.3. The number of carbonyl (C=O) groups is 2. The SMILES string of the molecule is Cc1cc2c(C)noc2cc1N(CC(=O)NCCNCC(F)F)CC(=O)N(C)N1Cc2ccccc2C1. The summed E-state index contributed by atoms with van der Waals surface area (Å²) in [5.41, 5.74) is 5.24. The van der Waals surface area contributed by atoms with Gasteiger partial charge in [-0.2, -0.15) is 0 Å². The molecule has 2 N–H and O–H groups in total. The van der Waals surface area contributed by atoms with Gasteiger partial charge in [0.1, 0.15) is 0 Å². The van der Waals surface area contributed by atoms with Crippen LogP contribution >= 0.6 is 0 Å². The van der Waals surface area contributed by atoms with Crippen LogP contribution in [0.15, 0.2) is 40.9 Å². The lowest BCUT2D eigenvalue weighted by Crippen LogP contribution is -2.48. The number of carbonyl (C=O) groups excluding carboxylic acids is 2. The normalized spacial score (nSPS) is 13.2. The van der Waals surface area contributed by atoms with Crippen molar-refractivity contribution in [2.24, 2.45) is 0 Å². The summed E-state index contributed by atoms with van der Waals surface area (Å²) in [5, 5.41) is 13.8. The molecule has 1 aliphatic heterocycles. The molecule has 0 atom stereocenters. The first-order valence-corrected chi connectivity index (χ1v) is 12.2. The summed E-state index contributed by atoms with van der Waals surface area (Å²) < 4.78 is 30.0. The van der Waals surface area contributed by atoms with E-state index in [4.69, 9.17) is 4.52 Å². The van der Waals surface area contributed by atoms with E-state index in [0.29, 0.717) is 24.4 Å². The number of amides is 2. The van der Waals surface area contributed by atoms with E-state index in [1.54, 1.807) is 23.0 Å². The van der Waals surface area contributed by atoms with E-state index >= 15 is 0 Å². The number of hydrogen-bond donors (Lipinski definition) is 2. The second-order valence-corrected chi connectivity index (χ2v) is 9.21. The summed E-state index contributed by atoms with van der Waals surface area (Å²) >= 11 is 0. The highest BCUT2D eigenvalue weighted by Gasteiger charge is 2.27. The number of alkyl halides is 2. The van der Waals surface area contributed by atoms with Crippen molar-refractivity contribution in [2.75, 3.05) is 44.7 Å². The third-order valence-electron chi connectivity index (χ3n) is 6.50. The number of aryl methyl sites for hydroxylation is 2. The average molecular weight is 515 g/mol. The number of hydrogen-bond acceptors (Lipinski definition) is 7. The second kappa shape index (κ2) is 11.7. The van der Waals surface area contributed by atoms with Crippen LogP contribution in [0.1, 0.15) is 22.4 Å². The molecular weight excluding hydrogens is 482 g/mol. The molecule has 3 aromatic rings. The van der Waals surface area contributed by atoms with E-state index in [9.17, 15) is 18.4 Å². The molecule has 2 aromatic carbocycles. The van der Waals surface area contributed by atoms with Crippen LogP contribution in [0.4, 0.5) is 14.5 Å². The molecule has 0 radical (unpaired) electrons. The number of halogens is 2. The van der Waals surface area contributed by atoms with E-state index in [2.05, 4.69) is 27.9 Å². The molecule has 2 heterocycles. The maximum Gasteiger partial charge on any atom is 0.256 e. The van der Waals surface area contributed by atoms with Crippen LogP contribution in [-0.2, 0) is 22.7 Å². The summed E-state index contributed by atoms with van der Waals surface area (Å²) in [4.78, 5) is 27.8. The highest BCUT2D eigenvalue weighted by Crippen LogP contribution is 2.29. The molecule has 0 aliphatic carbocycles. The van der Waals surface area contributed by atoms with Gasteiger partial charge < -0.3 is 20.1 Å². The molecular formula is C26H32F2N6O3. The Balaban J connectivity index is 1.47. The zero-order chi connectivity index (χ0) is 26.5. The first kappa shape index (κ1) is 26.5. The number of aromatic nitrogens is 1. The first-order chi connectivity index (χ1) is 17.7. The molecule has 0 fully saturated rings. The van der Waals surface area contributed by atoms with Crippen LogP contribution in [0.2, 0.25) is 0 Å². The van der Waals surface area contributed by atoms with Gasteiger partial charge in [0.05, 0.1) is 25.3 Å². The number of hydrazine groups is 1. The van der Waals surface area contributed by atoms with Crippen molar-refractivity contribution in [2.45, 2.75) is 33.4 Å². The van der Waals surface area contributed by atoms with Gasteiger partial charge in [-0.1, -0.05) is 29.4 Å². The maximum absolute atomic E-state index is 13.4. The predicted molar refractivity (Wildman–Crippen MR) is 136 cm³/mol. The van der Waals surface area contributed by atoms with Crippen LogP contribution in [-0.4, -0.2) is 73.2 Å². The third kappa shape index (κ3) is 6.41. The Morgan fingerprint density at radius 1 is 1.11 bits per heavy atom. The molecule has 0 unspecified atom stereocenters. The smallest absolute Gasteiger partial charge is 0.256 e. The van der Waals surface area contributed by atoms with E-state index < -0.39 is 13.0 Å². The topological polar surface area (TPSA) is 93.9 Å². The van der Waals surface area contributed by atoms with Gasteiger partial charge in [0.25, 0.3) is 12.3 Å². The monoisotopic (exact) mass is 514 g/mol. The lowest BCUT2D eigenvalue weighted by atomic mass is 10.1. The molecule has 1 aliphatic rings. The number of anilines is 1. The Bertz CT molecular complexity index is 1240. The van der Waals surface area contributed by atoms with Crippen molar-refractivity contribution in [3.05, 3.63) is 58.8 Å². The minimum absolute atomic E-state index is 0.0418. The van der Waals surface area contributed by atoms with Crippen molar-refractivity contribution in [3.63, 3.8) is 0 Å². The Morgan fingerprint density at radius 2 is 1.81 bits per heavy atom. The minimum Gasteiger partial charge on any atom is -0.356 e. The maximum atomic E-state index is 13.4. The highest BCUT2D eigenvalue weighted by atomic mass is 19.3. The molecule has 198 valence electrons. The molecule has 0 bridgehead atoms. The van der Waals surface area contributed by atoms with Crippen LogP contribution in [0, 0.1) is 13.8 Å². The highest BCUT2D eigenvalue weighted by molar-refractivity contribution is 5.90. The quantitative estimate of drug-likeness (QED) is 0.380. The average Bonchev–Trinajstić information content (AvgIpc) is 3.45. The number of nitrogens with zero attached hydrogens (tertiary/aromatic N) is 4. The summed E-state index contributed by atoms with van der Waals surface area (Å²) in [6, 6.07) is 11.8. The van der Waals surface area contributed by atoms with Gasteiger partial charge in [0, 0.05) is 50.4 Å². The van der Waals surface area contributed by atoms with Crippen LogP contribution < -0.4 is 15.5 Å². The van der Waals surface area contributed by atoms with Gasteiger partial charge in [-0.15, -0.1) is 0 Å². The molecule has 11 heteroatoms. The summed E-state index contributed by atoms with van der Waals surface area (Å²) in [7, 11) is 1.73.